The fraction of sp³-hybridized carbons (Fsp3) is 0.833. The fourth-order valence-electron chi connectivity index (χ4n) is 1.12. The van der Waals surface area contributed by atoms with Gasteiger partial charge in [0.25, 0.3) is 0 Å². The molecule has 2 unspecified atom stereocenters. The lowest BCUT2D eigenvalue weighted by Crippen LogP contribution is -2.03. The van der Waals surface area contributed by atoms with Crippen LogP contribution in [0.3, 0.4) is 0 Å². The van der Waals surface area contributed by atoms with Crippen LogP contribution in [0, 0.1) is 5.92 Å². The van der Waals surface area contributed by atoms with Gasteiger partial charge in [-0.25, -0.2) is 0 Å². The first-order valence-electron chi connectivity index (χ1n) is 3.08. The Morgan fingerprint density at radius 3 is 1.90 bits per heavy atom. The second-order valence-corrected chi connectivity index (χ2v) is 5.23. The Morgan fingerprint density at radius 1 is 1.30 bits per heavy atom. The van der Waals surface area contributed by atoms with E-state index in [1.165, 1.54) is 0 Å². The predicted octanol–water partition coefficient (Wildman–Crippen LogP) is 2.69. The zero-order valence-electron chi connectivity index (χ0n) is 5.19. The van der Waals surface area contributed by atoms with Crippen molar-refractivity contribution in [3.8, 4) is 0 Å². The van der Waals surface area contributed by atoms with Gasteiger partial charge in [0.15, 0.2) is 0 Å². The molecule has 1 rings (SSSR count). The number of halogens is 3. The van der Waals surface area contributed by atoms with Crippen LogP contribution in [0.2, 0.25) is 0 Å². The average Bonchev–Trinajstić information content (AvgIpc) is 2.13. The maximum Gasteiger partial charge on any atom is 0.224 e. The minimum Gasteiger partial charge on any atom is -0.281 e. The van der Waals surface area contributed by atoms with Crippen LogP contribution in [0.4, 0.5) is 0 Å². The molecule has 1 nitrogen and oxygen atoms in total. The summed E-state index contributed by atoms with van der Waals surface area (Å²) in [7, 11) is 0. The third-order valence-corrected chi connectivity index (χ3v) is 4.77. The molecule has 1 aliphatic carbocycles. The van der Waals surface area contributed by atoms with Gasteiger partial charge in [-0.1, -0.05) is 31.9 Å². The van der Waals surface area contributed by atoms with Gasteiger partial charge in [0, 0.05) is 15.6 Å². The summed E-state index contributed by atoms with van der Waals surface area (Å²) in [6.45, 7) is 0. The molecule has 4 heteroatoms. The van der Waals surface area contributed by atoms with Crippen molar-refractivity contribution in [3.05, 3.63) is 0 Å². The molecule has 0 bridgehead atoms. The Labute approximate surface area is 81.8 Å². The smallest absolute Gasteiger partial charge is 0.224 e. The summed E-state index contributed by atoms with van der Waals surface area (Å²) >= 11 is 12.2. The molecular formula is C6H7Br2ClO. The largest absolute Gasteiger partial charge is 0.281 e. The van der Waals surface area contributed by atoms with Gasteiger partial charge in [0.1, 0.15) is 0 Å². The van der Waals surface area contributed by atoms with Crippen LogP contribution in [-0.4, -0.2) is 14.9 Å². The number of alkyl halides is 2. The molecule has 2 atom stereocenters. The highest BCUT2D eigenvalue weighted by Gasteiger charge is 2.33. The summed E-state index contributed by atoms with van der Waals surface area (Å²) in [5, 5.41) is -0.202. The molecule has 58 valence electrons. The molecule has 0 aromatic heterocycles. The molecule has 0 saturated heterocycles. The lowest BCUT2D eigenvalue weighted by Gasteiger charge is -2.00. The van der Waals surface area contributed by atoms with Crippen molar-refractivity contribution in [2.24, 2.45) is 5.92 Å². The molecule has 0 aromatic carbocycles. The number of carbonyl (C=O) groups is 1. The van der Waals surface area contributed by atoms with Crippen LogP contribution in [0.25, 0.3) is 0 Å². The van der Waals surface area contributed by atoms with E-state index in [1.54, 1.807) is 0 Å². The molecule has 0 amide bonds. The molecule has 0 N–H and O–H groups in total. The van der Waals surface area contributed by atoms with Gasteiger partial charge in [0.2, 0.25) is 5.24 Å². The van der Waals surface area contributed by atoms with Crippen molar-refractivity contribution in [1.29, 1.82) is 0 Å². The molecule has 0 aliphatic heterocycles. The molecular weight excluding hydrogens is 283 g/mol. The van der Waals surface area contributed by atoms with Crippen molar-refractivity contribution in [1.82, 2.24) is 0 Å². The minimum absolute atomic E-state index is 0.0513. The Hall–Kier alpha value is 0.920. The molecule has 1 fully saturated rings. The van der Waals surface area contributed by atoms with Gasteiger partial charge in [-0.2, -0.15) is 0 Å². The van der Waals surface area contributed by atoms with Gasteiger partial charge >= 0.3 is 0 Å². The Balaban J connectivity index is 2.49. The summed E-state index contributed by atoms with van der Waals surface area (Å²) in [6.07, 6.45) is 1.72. The van der Waals surface area contributed by atoms with Crippen molar-refractivity contribution >= 4 is 48.7 Å². The van der Waals surface area contributed by atoms with E-state index >= 15 is 0 Å². The Bertz CT molecular complexity index is 141. The number of hydrogen-bond donors (Lipinski definition) is 0. The first-order valence-corrected chi connectivity index (χ1v) is 5.29. The summed E-state index contributed by atoms with van der Waals surface area (Å²) in [6, 6.07) is 0. The standard InChI is InChI=1S/C6H7Br2ClO/c7-4-1-3(6(9)10)2-5(4)8/h3-5H,1-2H2. The van der Waals surface area contributed by atoms with Gasteiger partial charge in [-0.15, -0.1) is 0 Å². The zero-order valence-corrected chi connectivity index (χ0v) is 9.12. The third kappa shape index (κ3) is 1.95. The molecule has 1 aliphatic rings. The maximum atomic E-state index is 10.7. The second kappa shape index (κ2) is 3.55. The van der Waals surface area contributed by atoms with Crippen LogP contribution in [-0.2, 0) is 4.79 Å². The number of rotatable bonds is 1. The summed E-state index contributed by atoms with van der Waals surface area (Å²) in [4.78, 5) is 11.5. The van der Waals surface area contributed by atoms with Crippen LogP contribution < -0.4 is 0 Å². The monoisotopic (exact) mass is 288 g/mol. The van der Waals surface area contributed by atoms with Crippen LogP contribution >= 0.6 is 43.5 Å². The molecule has 0 spiro atoms. The lowest BCUT2D eigenvalue weighted by molar-refractivity contribution is -0.114. The van der Waals surface area contributed by atoms with E-state index in [0.29, 0.717) is 9.65 Å². The zero-order chi connectivity index (χ0) is 7.72. The summed E-state index contributed by atoms with van der Waals surface area (Å²) in [5.74, 6) is 0.0513. The van der Waals surface area contributed by atoms with E-state index in [4.69, 9.17) is 11.6 Å². The van der Waals surface area contributed by atoms with E-state index in [-0.39, 0.29) is 11.2 Å². The fourth-order valence-corrected chi connectivity index (χ4v) is 2.63. The highest BCUT2D eigenvalue weighted by molar-refractivity contribution is 9.12. The predicted molar refractivity (Wildman–Crippen MR) is 49.0 cm³/mol. The van der Waals surface area contributed by atoms with Crippen molar-refractivity contribution < 1.29 is 4.79 Å². The SMILES string of the molecule is O=C(Cl)C1CC(Br)C(Br)C1. The Morgan fingerprint density at radius 2 is 1.70 bits per heavy atom. The highest BCUT2D eigenvalue weighted by Crippen LogP contribution is 2.36. The average molecular weight is 290 g/mol. The summed E-state index contributed by atoms with van der Waals surface area (Å²) < 4.78 is 0. The van der Waals surface area contributed by atoms with E-state index in [0.717, 1.165) is 12.8 Å². The molecule has 0 aromatic rings. The van der Waals surface area contributed by atoms with Crippen molar-refractivity contribution in [2.45, 2.75) is 22.5 Å². The minimum atomic E-state index is -0.202. The summed E-state index contributed by atoms with van der Waals surface area (Å²) in [5.41, 5.74) is 0. The van der Waals surface area contributed by atoms with Crippen LogP contribution in [0.5, 0.6) is 0 Å². The second-order valence-electron chi connectivity index (χ2n) is 2.50. The maximum absolute atomic E-state index is 10.7. The van der Waals surface area contributed by atoms with Crippen molar-refractivity contribution in [2.75, 3.05) is 0 Å². The first kappa shape index (κ1) is 9.01. The Kier molecular flexibility index (Phi) is 3.20. The normalized spacial score (nSPS) is 40.1. The highest BCUT2D eigenvalue weighted by atomic mass is 79.9. The first-order chi connectivity index (χ1) is 4.61. The van der Waals surface area contributed by atoms with E-state index in [2.05, 4.69) is 31.9 Å². The van der Waals surface area contributed by atoms with E-state index in [1.807, 2.05) is 0 Å². The topological polar surface area (TPSA) is 17.1 Å². The van der Waals surface area contributed by atoms with Gasteiger partial charge in [0.05, 0.1) is 0 Å². The van der Waals surface area contributed by atoms with Crippen LogP contribution in [0.15, 0.2) is 0 Å². The lowest BCUT2D eigenvalue weighted by atomic mass is 10.1. The van der Waals surface area contributed by atoms with Crippen molar-refractivity contribution in [3.63, 3.8) is 0 Å². The van der Waals surface area contributed by atoms with Gasteiger partial charge < -0.3 is 0 Å². The van der Waals surface area contributed by atoms with Gasteiger partial charge in [-0.3, -0.25) is 4.79 Å². The third-order valence-electron chi connectivity index (χ3n) is 1.73. The van der Waals surface area contributed by atoms with Gasteiger partial charge in [-0.05, 0) is 24.4 Å². The van der Waals surface area contributed by atoms with Crippen LogP contribution in [0.1, 0.15) is 12.8 Å². The molecule has 0 radical (unpaired) electrons. The molecule has 1 saturated carbocycles. The number of carbonyl (C=O) groups excluding carboxylic acids is 1. The van der Waals surface area contributed by atoms with E-state index < -0.39 is 0 Å². The number of hydrogen-bond acceptors (Lipinski definition) is 1. The van der Waals surface area contributed by atoms with E-state index in [9.17, 15) is 4.79 Å². The quantitative estimate of drug-likeness (QED) is 0.536. The molecule has 0 heterocycles. The molecule has 10 heavy (non-hydrogen) atoms.